The van der Waals surface area contributed by atoms with Crippen molar-refractivity contribution >= 4 is 24.0 Å². The summed E-state index contributed by atoms with van der Waals surface area (Å²) in [5.41, 5.74) is 6.47. The Morgan fingerprint density at radius 1 is 1.04 bits per heavy atom. The molecule has 1 aliphatic rings. The van der Waals surface area contributed by atoms with Crippen LogP contribution >= 0.6 is 12.4 Å². The average Bonchev–Trinajstić information content (AvgIpc) is 2.61. The number of carbonyl (C=O) groups is 1. The molecule has 25 heavy (non-hydrogen) atoms. The van der Waals surface area contributed by atoms with Crippen molar-refractivity contribution in [3.63, 3.8) is 0 Å². The summed E-state index contributed by atoms with van der Waals surface area (Å²) in [5, 5.41) is 2.94. The number of methoxy groups -OCH3 is 3. The Morgan fingerprint density at radius 3 is 2.12 bits per heavy atom. The fourth-order valence-electron chi connectivity index (χ4n) is 3.42. The van der Waals surface area contributed by atoms with Crippen LogP contribution in [0, 0.1) is 5.41 Å². The summed E-state index contributed by atoms with van der Waals surface area (Å²) < 4.78 is 15.9. The quantitative estimate of drug-likeness (QED) is 0.766. The van der Waals surface area contributed by atoms with E-state index in [2.05, 4.69) is 5.32 Å². The second-order valence-corrected chi connectivity index (χ2v) is 6.40. The van der Waals surface area contributed by atoms with E-state index in [9.17, 15) is 4.79 Å². The molecule has 7 heteroatoms. The van der Waals surface area contributed by atoms with Crippen molar-refractivity contribution < 1.29 is 19.0 Å². The standard InChI is InChI=1S/C18H28N2O4.ClH/c1-22-14-10-16(24-3)15(23-2)9-13(14)20-17(21)11-18(12-19)7-5-4-6-8-18;/h9-10H,4-8,11-12,19H2,1-3H3,(H,20,21);1H. The van der Waals surface area contributed by atoms with E-state index in [1.165, 1.54) is 6.42 Å². The summed E-state index contributed by atoms with van der Waals surface area (Å²) in [6, 6.07) is 3.42. The van der Waals surface area contributed by atoms with Gasteiger partial charge in [-0.3, -0.25) is 4.79 Å². The molecule has 142 valence electrons. The number of ether oxygens (including phenoxy) is 3. The van der Waals surface area contributed by atoms with E-state index < -0.39 is 0 Å². The number of halogens is 1. The molecule has 2 rings (SSSR count). The summed E-state index contributed by atoms with van der Waals surface area (Å²) in [6.07, 6.45) is 5.97. The zero-order chi connectivity index (χ0) is 17.6. The van der Waals surface area contributed by atoms with Crippen LogP contribution in [0.3, 0.4) is 0 Å². The van der Waals surface area contributed by atoms with Gasteiger partial charge in [-0.05, 0) is 24.8 Å². The van der Waals surface area contributed by atoms with E-state index in [1.807, 2.05) is 0 Å². The molecular formula is C18H29ClN2O4. The molecule has 0 bridgehead atoms. The monoisotopic (exact) mass is 372 g/mol. The first-order chi connectivity index (χ1) is 11.6. The van der Waals surface area contributed by atoms with Gasteiger partial charge >= 0.3 is 0 Å². The lowest BCUT2D eigenvalue weighted by molar-refractivity contribution is -0.118. The summed E-state index contributed by atoms with van der Waals surface area (Å²) in [4.78, 5) is 12.6. The van der Waals surface area contributed by atoms with Crippen LogP contribution in [0.1, 0.15) is 38.5 Å². The first kappa shape index (κ1) is 21.4. The first-order valence-electron chi connectivity index (χ1n) is 8.37. The minimum Gasteiger partial charge on any atom is -0.494 e. The van der Waals surface area contributed by atoms with Crippen LogP contribution in [-0.2, 0) is 4.79 Å². The predicted molar refractivity (Wildman–Crippen MR) is 101 cm³/mol. The zero-order valence-electron chi connectivity index (χ0n) is 15.2. The fraction of sp³-hybridized carbons (Fsp3) is 0.611. The Labute approximate surface area is 155 Å². The van der Waals surface area contributed by atoms with Gasteiger partial charge in [0.1, 0.15) is 5.75 Å². The highest BCUT2D eigenvalue weighted by Crippen LogP contribution is 2.40. The van der Waals surface area contributed by atoms with Gasteiger partial charge in [0, 0.05) is 18.6 Å². The number of anilines is 1. The number of hydrogen-bond acceptors (Lipinski definition) is 5. The molecule has 0 radical (unpaired) electrons. The van der Waals surface area contributed by atoms with Crippen LogP contribution in [0.25, 0.3) is 0 Å². The maximum absolute atomic E-state index is 12.6. The van der Waals surface area contributed by atoms with Gasteiger partial charge < -0.3 is 25.3 Å². The van der Waals surface area contributed by atoms with Gasteiger partial charge in [-0.1, -0.05) is 19.3 Å². The second-order valence-electron chi connectivity index (χ2n) is 6.40. The molecule has 3 N–H and O–H groups in total. The lowest BCUT2D eigenvalue weighted by atomic mass is 9.71. The predicted octanol–water partition coefficient (Wildman–Crippen LogP) is 3.37. The number of nitrogens with one attached hydrogen (secondary N) is 1. The molecule has 0 atom stereocenters. The van der Waals surface area contributed by atoms with Crippen molar-refractivity contribution in [3.05, 3.63) is 12.1 Å². The van der Waals surface area contributed by atoms with Crippen LogP contribution in [0.4, 0.5) is 5.69 Å². The third-order valence-electron chi connectivity index (χ3n) is 4.86. The number of amides is 1. The topological polar surface area (TPSA) is 82.8 Å². The minimum atomic E-state index is -0.0773. The Bertz CT molecular complexity index is 574. The average molecular weight is 373 g/mol. The first-order valence-corrected chi connectivity index (χ1v) is 8.37. The molecular weight excluding hydrogens is 344 g/mol. The molecule has 0 saturated heterocycles. The number of hydrogen-bond donors (Lipinski definition) is 2. The van der Waals surface area contributed by atoms with Gasteiger partial charge in [0.05, 0.1) is 27.0 Å². The minimum absolute atomic E-state index is 0. The fourth-order valence-corrected chi connectivity index (χ4v) is 3.42. The number of nitrogens with two attached hydrogens (primary N) is 1. The van der Waals surface area contributed by atoms with Crippen LogP contribution in [0.5, 0.6) is 17.2 Å². The third-order valence-corrected chi connectivity index (χ3v) is 4.86. The maximum Gasteiger partial charge on any atom is 0.225 e. The Balaban J connectivity index is 0.00000312. The summed E-state index contributed by atoms with van der Waals surface area (Å²) in [7, 11) is 4.67. The van der Waals surface area contributed by atoms with Crippen LogP contribution in [-0.4, -0.2) is 33.8 Å². The largest absolute Gasteiger partial charge is 0.494 e. The summed E-state index contributed by atoms with van der Waals surface area (Å²) in [5.74, 6) is 1.58. The van der Waals surface area contributed by atoms with E-state index in [1.54, 1.807) is 33.5 Å². The molecule has 0 aromatic heterocycles. The maximum atomic E-state index is 12.6. The van der Waals surface area contributed by atoms with Gasteiger partial charge in [0.2, 0.25) is 5.91 Å². The molecule has 0 aliphatic heterocycles. The Kier molecular flexibility index (Phi) is 8.32. The molecule has 0 heterocycles. The van der Waals surface area contributed by atoms with Crippen molar-refractivity contribution in [1.82, 2.24) is 0 Å². The van der Waals surface area contributed by atoms with Crippen LogP contribution in [0.15, 0.2) is 12.1 Å². The van der Waals surface area contributed by atoms with Crippen LogP contribution in [0.2, 0.25) is 0 Å². The van der Waals surface area contributed by atoms with Gasteiger partial charge in [-0.2, -0.15) is 0 Å². The normalized spacial score (nSPS) is 15.7. The Morgan fingerprint density at radius 2 is 1.60 bits per heavy atom. The van der Waals surface area contributed by atoms with Crippen molar-refractivity contribution in [3.8, 4) is 17.2 Å². The second kappa shape index (κ2) is 9.73. The van der Waals surface area contributed by atoms with E-state index in [-0.39, 0.29) is 23.7 Å². The smallest absolute Gasteiger partial charge is 0.225 e. The molecule has 1 aromatic rings. The molecule has 1 amide bonds. The highest BCUT2D eigenvalue weighted by atomic mass is 35.5. The van der Waals surface area contributed by atoms with Gasteiger partial charge in [0.25, 0.3) is 0 Å². The number of rotatable bonds is 7. The van der Waals surface area contributed by atoms with Crippen molar-refractivity contribution in [2.24, 2.45) is 11.1 Å². The molecule has 1 fully saturated rings. The van der Waals surface area contributed by atoms with E-state index >= 15 is 0 Å². The zero-order valence-corrected chi connectivity index (χ0v) is 16.0. The highest BCUT2D eigenvalue weighted by molar-refractivity contribution is 5.93. The van der Waals surface area contributed by atoms with E-state index in [4.69, 9.17) is 19.9 Å². The molecule has 6 nitrogen and oxygen atoms in total. The molecule has 0 unspecified atom stereocenters. The summed E-state index contributed by atoms with van der Waals surface area (Å²) >= 11 is 0. The van der Waals surface area contributed by atoms with E-state index in [0.717, 1.165) is 25.7 Å². The van der Waals surface area contributed by atoms with E-state index in [0.29, 0.717) is 35.9 Å². The molecule has 1 aliphatic carbocycles. The van der Waals surface area contributed by atoms with Gasteiger partial charge in [-0.25, -0.2) is 0 Å². The number of carbonyl (C=O) groups excluding carboxylic acids is 1. The molecule has 1 saturated carbocycles. The Hall–Kier alpha value is -1.66. The SMILES string of the molecule is COc1cc(OC)c(OC)cc1NC(=O)CC1(CN)CCCCC1.Cl. The van der Waals surface area contributed by atoms with Crippen LogP contribution < -0.4 is 25.3 Å². The number of benzene rings is 1. The van der Waals surface area contributed by atoms with Crippen molar-refractivity contribution in [1.29, 1.82) is 0 Å². The highest BCUT2D eigenvalue weighted by Gasteiger charge is 2.33. The molecule has 0 spiro atoms. The van der Waals surface area contributed by atoms with Crippen molar-refractivity contribution in [2.45, 2.75) is 38.5 Å². The lowest BCUT2D eigenvalue weighted by Gasteiger charge is -2.35. The summed E-state index contributed by atoms with van der Waals surface area (Å²) in [6.45, 7) is 0.545. The van der Waals surface area contributed by atoms with Gasteiger partial charge in [-0.15, -0.1) is 12.4 Å². The lowest BCUT2D eigenvalue weighted by Crippen LogP contribution is -2.36. The molecule has 1 aromatic carbocycles. The van der Waals surface area contributed by atoms with Gasteiger partial charge in [0.15, 0.2) is 11.5 Å². The van der Waals surface area contributed by atoms with Crippen molar-refractivity contribution in [2.75, 3.05) is 33.2 Å². The third kappa shape index (κ3) is 5.16.